The van der Waals surface area contributed by atoms with Crippen molar-refractivity contribution >= 4 is 22.8 Å². The molecule has 0 saturated heterocycles. The van der Waals surface area contributed by atoms with Gasteiger partial charge in [0.05, 0.1) is 6.54 Å². The Morgan fingerprint density at radius 3 is 2.50 bits per heavy atom. The number of benzene rings is 2. The molecule has 32 heavy (non-hydrogen) atoms. The molecule has 0 fully saturated rings. The number of fused-ring (bicyclic) bond motifs is 1. The molecule has 2 aromatic heterocycles. The first-order chi connectivity index (χ1) is 15.4. The van der Waals surface area contributed by atoms with Gasteiger partial charge in [-0.15, -0.1) is 0 Å². The molecule has 4 rings (SSSR count). The maximum atomic E-state index is 14.2. The highest BCUT2D eigenvalue weighted by Crippen LogP contribution is 2.27. The van der Waals surface area contributed by atoms with Gasteiger partial charge in [-0.2, -0.15) is 4.98 Å². The molecule has 0 aliphatic carbocycles. The predicted molar refractivity (Wildman–Crippen MR) is 118 cm³/mol. The predicted octanol–water partition coefficient (Wildman–Crippen LogP) is 2.91. The van der Waals surface area contributed by atoms with Crippen LogP contribution in [0.3, 0.4) is 0 Å². The fourth-order valence-electron chi connectivity index (χ4n) is 3.40. The molecule has 0 amide bonds. The monoisotopic (exact) mass is 458 g/mol. The van der Waals surface area contributed by atoms with Crippen LogP contribution in [0, 0.1) is 5.82 Å². The second-order valence-corrected chi connectivity index (χ2v) is 7.62. The van der Waals surface area contributed by atoms with Crippen LogP contribution in [0.15, 0.2) is 58.1 Å². The number of para-hydroxylation sites is 1. The molecule has 0 bridgehead atoms. The van der Waals surface area contributed by atoms with Crippen LogP contribution >= 0.6 is 11.6 Å². The van der Waals surface area contributed by atoms with Crippen molar-refractivity contribution in [1.29, 1.82) is 0 Å². The molecule has 8 nitrogen and oxygen atoms in total. The number of ether oxygens (including phenoxy) is 1. The zero-order valence-electron chi connectivity index (χ0n) is 17.2. The molecule has 0 aliphatic heterocycles. The van der Waals surface area contributed by atoms with Crippen molar-refractivity contribution in [2.45, 2.75) is 19.5 Å². The average Bonchev–Trinajstić information content (AvgIpc) is 3.13. The fourth-order valence-corrected chi connectivity index (χ4v) is 3.53. The van der Waals surface area contributed by atoms with Crippen LogP contribution in [0.1, 0.15) is 12.0 Å². The minimum absolute atomic E-state index is 0.0351. The van der Waals surface area contributed by atoms with Gasteiger partial charge in [0.25, 0.3) is 5.56 Å². The molecule has 0 saturated carbocycles. The van der Waals surface area contributed by atoms with E-state index in [1.165, 1.54) is 34.4 Å². The summed E-state index contributed by atoms with van der Waals surface area (Å²) in [7, 11) is 1.49. The van der Waals surface area contributed by atoms with Gasteiger partial charge < -0.3 is 9.84 Å². The molecular formula is C22H20ClFN4O4. The Labute approximate surface area is 186 Å². The minimum atomic E-state index is -0.591. The Morgan fingerprint density at radius 1 is 1.09 bits per heavy atom. The SMILES string of the molecule is Cn1c(=O)n(CCCO)c(=O)c2c1nc(Oc1ccccc1F)n2Cc1ccc(Cl)cc1. The molecule has 10 heteroatoms. The molecular weight excluding hydrogens is 439 g/mol. The molecule has 0 atom stereocenters. The lowest BCUT2D eigenvalue weighted by molar-refractivity contribution is 0.277. The van der Waals surface area contributed by atoms with Crippen molar-refractivity contribution in [2.24, 2.45) is 7.05 Å². The van der Waals surface area contributed by atoms with Gasteiger partial charge in [-0.25, -0.2) is 9.18 Å². The first-order valence-electron chi connectivity index (χ1n) is 9.88. The van der Waals surface area contributed by atoms with E-state index in [9.17, 15) is 14.0 Å². The van der Waals surface area contributed by atoms with E-state index in [0.717, 1.165) is 10.1 Å². The highest BCUT2D eigenvalue weighted by molar-refractivity contribution is 6.30. The molecule has 0 unspecified atom stereocenters. The van der Waals surface area contributed by atoms with Gasteiger partial charge in [0, 0.05) is 25.2 Å². The molecule has 2 heterocycles. The Morgan fingerprint density at radius 2 is 1.81 bits per heavy atom. The number of nitrogens with zero attached hydrogens (tertiary/aromatic N) is 4. The summed E-state index contributed by atoms with van der Waals surface area (Å²) in [5.41, 5.74) is -0.0972. The summed E-state index contributed by atoms with van der Waals surface area (Å²) in [6, 6.07) is 12.8. The summed E-state index contributed by atoms with van der Waals surface area (Å²) in [4.78, 5) is 30.3. The van der Waals surface area contributed by atoms with E-state index in [1.54, 1.807) is 30.3 Å². The Balaban J connectivity index is 1.95. The van der Waals surface area contributed by atoms with Gasteiger partial charge in [0.15, 0.2) is 22.7 Å². The Hall–Kier alpha value is -3.43. The summed E-state index contributed by atoms with van der Waals surface area (Å²) in [6.45, 7) is 0.0534. The van der Waals surface area contributed by atoms with Crippen molar-refractivity contribution in [1.82, 2.24) is 18.7 Å². The first-order valence-corrected chi connectivity index (χ1v) is 10.3. The van der Waals surface area contributed by atoms with Gasteiger partial charge in [0.1, 0.15) is 0 Å². The number of imidazole rings is 1. The number of halogens is 2. The lowest BCUT2D eigenvalue weighted by atomic mass is 10.2. The third-order valence-corrected chi connectivity index (χ3v) is 5.28. The fraction of sp³-hybridized carbons (Fsp3) is 0.227. The van der Waals surface area contributed by atoms with Crippen LogP contribution in [-0.2, 0) is 20.1 Å². The highest BCUT2D eigenvalue weighted by atomic mass is 35.5. The second kappa shape index (κ2) is 8.97. The number of aryl methyl sites for hydroxylation is 1. The van der Waals surface area contributed by atoms with Gasteiger partial charge in [-0.1, -0.05) is 35.9 Å². The number of hydrogen-bond donors (Lipinski definition) is 1. The van der Waals surface area contributed by atoms with Crippen LogP contribution in [-0.4, -0.2) is 30.4 Å². The quantitative estimate of drug-likeness (QED) is 0.460. The molecule has 166 valence electrons. The van der Waals surface area contributed by atoms with Crippen LogP contribution in [0.25, 0.3) is 11.2 Å². The number of aromatic nitrogens is 4. The zero-order chi connectivity index (χ0) is 22.8. The third kappa shape index (κ3) is 4.04. The van der Waals surface area contributed by atoms with Crippen LogP contribution in [0.2, 0.25) is 5.02 Å². The lowest BCUT2D eigenvalue weighted by Gasteiger charge is -2.11. The van der Waals surface area contributed by atoms with E-state index < -0.39 is 17.1 Å². The molecule has 1 N–H and O–H groups in total. The van der Waals surface area contributed by atoms with Gasteiger partial charge in [0.2, 0.25) is 0 Å². The second-order valence-electron chi connectivity index (χ2n) is 7.19. The zero-order valence-corrected chi connectivity index (χ0v) is 17.9. The number of rotatable bonds is 7. The summed E-state index contributed by atoms with van der Waals surface area (Å²) in [5, 5.41) is 9.71. The molecule has 4 aromatic rings. The normalized spacial score (nSPS) is 11.2. The van der Waals surface area contributed by atoms with E-state index in [0.29, 0.717) is 5.02 Å². The van der Waals surface area contributed by atoms with E-state index >= 15 is 0 Å². The van der Waals surface area contributed by atoms with Crippen molar-refractivity contribution < 1.29 is 14.2 Å². The number of hydrogen-bond acceptors (Lipinski definition) is 5. The first kappa shape index (κ1) is 21.8. The molecule has 0 radical (unpaired) electrons. The van der Waals surface area contributed by atoms with Crippen molar-refractivity contribution in [3.05, 3.63) is 85.8 Å². The van der Waals surface area contributed by atoms with Crippen molar-refractivity contribution in [3.63, 3.8) is 0 Å². The summed E-state index contributed by atoms with van der Waals surface area (Å²) < 4.78 is 23.8. The smallest absolute Gasteiger partial charge is 0.332 e. The third-order valence-electron chi connectivity index (χ3n) is 5.03. The summed E-state index contributed by atoms with van der Waals surface area (Å²) >= 11 is 5.98. The van der Waals surface area contributed by atoms with Gasteiger partial charge >= 0.3 is 11.7 Å². The average molecular weight is 459 g/mol. The molecule has 0 spiro atoms. The topological polar surface area (TPSA) is 91.3 Å². The minimum Gasteiger partial charge on any atom is -0.422 e. The van der Waals surface area contributed by atoms with E-state index in [-0.39, 0.29) is 49.0 Å². The maximum Gasteiger partial charge on any atom is 0.332 e. The van der Waals surface area contributed by atoms with Crippen molar-refractivity contribution in [2.75, 3.05) is 6.61 Å². The largest absolute Gasteiger partial charge is 0.422 e. The Kier molecular flexibility index (Phi) is 6.11. The standard InChI is InChI=1S/C22H20ClFN4O4/c1-26-19-18(20(30)27(22(26)31)11-4-12-29)28(13-14-7-9-15(23)10-8-14)21(25-19)32-17-6-3-2-5-16(17)24/h2-3,5-10,29H,4,11-13H2,1H3. The Bertz CT molecular complexity index is 1390. The lowest BCUT2D eigenvalue weighted by Crippen LogP contribution is -2.39. The van der Waals surface area contributed by atoms with Crippen LogP contribution in [0.4, 0.5) is 4.39 Å². The molecule has 2 aromatic carbocycles. The maximum absolute atomic E-state index is 14.2. The number of aliphatic hydroxyl groups is 1. The van der Waals surface area contributed by atoms with Gasteiger partial charge in [-0.3, -0.25) is 18.5 Å². The van der Waals surface area contributed by atoms with E-state index in [2.05, 4.69) is 4.98 Å². The summed E-state index contributed by atoms with van der Waals surface area (Å²) in [5.74, 6) is -0.655. The van der Waals surface area contributed by atoms with E-state index in [1.807, 2.05) is 0 Å². The van der Waals surface area contributed by atoms with Crippen LogP contribution in [0.5, 0.6) is 11.8 Å². The number of aliphatic hydroxyl groups excluding tert-OH is 1. The highest BCUT2D eigenvalue weighted by Gasteiger charge is 2.22. The van der Waals surface area contributed by atoms with Gasteiger partial charge in [-0.05, 0) is 36.2 Å². The van der Waals surface area contributed by atoms with E-state index in [4.69, 9.17) is 21.4 Å². The molecule has 0 aliphatic rings. The van der Waals surface area contributed by atoms with Crippen LogP contribution < -0.4 is 16.0 Å². The van der Waals surface area contributed by atoms with Crippen molar-refractivity contribution in [3.8, 4) is 11.8 Å². The summed E-state index contributed by atoms with van der Waals surface area (Å²) in [6.07, 6.45) is 0.241.